The van der Waals surface area contributed by atoms with Gasteiger partial charge in [-0.25, -0.2) is 0 Å². The van der Waals surface area contributed by atoms with E-state index in [4.69, 9.17) is 28.2 Å². The van der Waals surface area contributed by atoms with Gasteiger partial charge in [-0.15, -0.1) is 0 Å². The molecule has 198 valence electrons. The summed E-state index contributed by atoms with van der Waals surface area (Å²) in [6.07, 6.45) is 4.06. The van der Waals surface area contributed by atoms with Crippen molar-refractivity contribution in [3.05, 3.63) is 99.3 Å². The number of carbonyl (C=O) groups excluding carboxylic acids is 1. The van der Waals surface area contributed by atoms with Gasteiger partial charge in [0.1, 0.15) is 0 Å². The van der Waals surface area contributed by atoms with E-state index >= 15 is 0 Å². The molecule has 1 aliphatic carbocycles. The number of hydrogen-bond acceptors (Lipinski definition) is 3. The molecular weight excluding hydrogens is 519 g/mol. The van der Waals surface area contributed by atoms with Crippen molar-refractivity contribution in [2.45, 2.75) is 63.3 Å². The standard InChI is InChI=1S/C31H32Cl2N2O3/c1-31(19-28(36)37)18-26(22-5-2-6-24(33)17-22)29(21-12-14-23(32)15-13-21)35(30(31)38)16-4-8-25-7-3-9-27(34-25)20-10-11-20/h2-3,5-7,9,12-15,17,20,26,29H,4,8,10-11,16,18-19H2,1H3,(H,36,37)/t26-,29-,31-/m1/s1. The lowest BCUT2D eigenvalue weighted by Gasteiger charge is -2.49. The van der Waals surface area contributed by atoms with Crippen molar-refractivity contribution in [1.29, 1.82) is 0 Å². The second kappa shape index (κ2) is 11.1. The Balaban J connectivity index is 1.49. The highest BCUT2D eigenvalue weighted by molar-refractivity contribution is 6.30. The summed E-state index contributed by atoms with van der Waals surface area (Å²) in [7, 11) is 0. The van der Waals surface area contributed by atoms with Gasteiger partial charge >= 0.3 is 5.97 Å². The molecular formula is C31H32Cl2N2O3. The molecule has 0 radical (unpaired) electrons. The number of benzene rings is 2. The Morgan fingerprint density at radius 2 is 1.76 bits per heavy atom. The number of carboxylic acids is 1. The van der Waals surface area contributed by atoms with E-state index in [0.717, 1.165) is 35.4 Å². The van der Waals surface area contributed by atoms with E-state index in [1.165, 1.54) is 12.8 Å². The van der Waals surface area contributed by atoms with E-state index in [-0.39, 0.29) is 24.3 Å². The predicted molar refractivity (Wildman–Crippen MR) is 150 cm³/mol. The van der Waals surface area contributed by atoms with E-state index in [9.17, 15) is 14.7 Å². The Morgan fingerprint density at radius 1 is 1.03 bits per heavy atom. The molecule has 5 nitrogen and oxygen atoms in total. The summed E-state index contributed by atoms with van der Waals surface area (Å²) >= 11 is 12.6. The minimum Gasteiger partial charge on any atom is -0.481 e. The number of rotatable bonds is 9. The highest BCUT2D eigenvalue weighted by atomic mass is 35.5. The number of amides is 1. The van der Waals surface area contributed by atoms with Crippen LogP contribution in [0.3, 0.4) is 0 Å². The van der Waals surface area contributed by atoms with E-state index in [0.29, 0.717) is 28.9 Å². The van der Waals surface area contributed by atoms with Gasteiger partial charge in [-0.3, -0.25) is 14.6 Å². The molecule has 2 aromatic carbocycles. The molecule has 5 rings (SSSR count). The van der Waals surface area contributed by atoms with Crippen LogP contribution in [0, 0.1) is 5.41 Å². The summed E-state index contributed by atoms with van der Waals surface area (Å²) in [5, 5.41) is 11.0. The van der Waals surface area contributed by atoms with Crippen LogP contribution in [0.25, 0.3) is 0 Å². The highest BCUT2D eigenvalue weighted by Gasteiger charge is 2.50. The lowest BCUT2D eigenvalue weighted by atomic mass is 9.67. The van der Waals surface area contributed by atoms with E-state index in [1.54, 1.807) is 6.92 Å². The number of likely N-dealkylation sites (tertiary alicyclic amines) is 1. The van der Waals surface area contributed by atoms with Gasteiger partial charge in [-0.2, -0.15) is 0 Å². The zero-order valence-electron chi connectivity index (χ0n) is 21.4. The maximum atomic E-state index is 14.1. The Labute approximate surface area is 233 Å². The number of aryl methyl sites for hydroxylation is 1. The van der Waals surface area contributed by atoms with Crippen LogP contribution in [0.1, 0.15) is 79.4 Å². The first-order valence-electron chi connectivity index (χ1n) is 13.2. The molecule has 1 amide bonds. The van der Waals surface area contributed by atoms with E-state index < -0.39 is 11.4 Å². The first-order chi connectivity index (χ1) is 18.2. The van der Waals surface area contributed by atoms with Crippen LogP contribution in [0.5, 0.6) is 0 Å². The molecule has 3 aromatic rings. The van der Waals surface area contributed by atoms with Crippen LogP contribution in [0.4, 0.5) is 0 Å². The first-order valence-corrected chi connectivity index (χ1v) is 14.0. The van der Waals surface area contributed by atoms with Gasteiger partial charge in [0.25, 0.3) is 0 Å². The molecule has 2 heterocycles. The average Bonchev–Trinajstić information content (AvgIpc) is 3.73. The number of aromatic nitrogens is 1. The van der Waals surface area contributed by atoms with Gasteiger partial charge in [0.2, 0.25) is 5.91 Å². The van der Waals surface area contributed by atoms with Crippen LogP contribution in [-0.4, -0.2) is 33.4 Å². The minimum absolute atomic E-state index is 0.127. The number of hydrogen-bond donors (Lipinski definition) is 1. The normalized spacial score (nSPS) is 23.4. The smallest absolute Gasteiger partial charge is 0.304 e. The van der Waals surface area contributed by atoms with Crippen LogP contribution < -0.4 is 0 Å². The summed E-state index contributed by atoms with van der Waals surface area (Å²) in [4.78, 5) is 32.7. The van der Waals surface area contributed by atoms with Crippen LogP contribution in [0.15, 0.2) is 66.7 Å². The van der Waals surface area contributed by atoms with Gasteiger partial charge in [-0.1, -0.05) is 60.5 Å². The predicted octanol–water partition coefficient (Wildman–Crippen LogP) is 7.44. The Bertz CT molecular complexity index is 1320. The highest BCUT2D eigenvalue weighted by Crippen LogP contribution is 2.51. The zero-order valence-corrected chi connectivity index (χ0v) is 23.0. The number of carboxylic acid groups (broad SMARTS) is 1. The molecule has 7 heteroatoms. The number of carbonyl (C=O) groups is 2. The molecule has 38 heavy (non-hydrogen) atoms. The summed E-state index contributed by atoms with van der Waals surface area (Å²) in [5.41, 5.74) is 3.11. The van der Waals surface area contributed by atoms with Crippen molar-refractivity contribution < 1.29 is 14.7 Å². The van der Waals surface area contributed by atoms with Crippen LogP contribution in [-0.2, 0) is 16.0 Å². The molecule has 1 N–H and O–H groups in total. The van der Waals surface area contributed by atoms with Crippen molar-refractivity contribution in [1.82, 2.24) is 9.88 Å². The summed E-state index contributed by atoms with van der Waals surface area (Å²) in [6.45, 7) is 2.28. The van der Waals surface area contributed by atoms with Crippen molar-refractivity contribution >= 4 is 35.1 Å². The SMILES string of the molecule is C[C@]1(CC(=O)O)C[C@H](c2cccc(Cl)c2)[C@@H](c2ccc(Cl)cc2)N(CCCc2cccc(C3CC3)n2)C1=O. The second-order valence-corrected chi connectivity index (χ2v) is 11.8. The third-order valence-corrected chi connectivity index (χ3v) is 8.34. The Hall–Kier alpha value is -2.89. The summed E-state index contributed by atoms with van der Waals surface area (Å²) in [6, 6.07) is 21.2. The number of pyridine rings is 1. The third kappa shape index (κ3) is 5.89. The first kappa shape index (κ1) is 26.7. The maximum absolute atomic E-state index is 14.1. The molecule has 1 saturated carbocycles. The lowest BCUT2D eigenvalue weighted by Crippen LogP contribution is -2.52. The van der Waals surface area contributed by atoms with E-state index in [1.807, 2.05) is 59.5 Å². The molecule has 0 bridgehead atoms. The molecule has 2 fully saturated rings. The fourth-order valence-electron chi connectivity index (χ4n) is 5.88. The number of aliphatic carboxylic acids is 1. The molecule has 0 spiro atoms. The van der Waals surface area contributed by atoms with Gasteiger partial charge in [0.15, 0.2) is 0 Å². The monoisotopic (exact) mass is 550 g/mol. The fraction of sp³-hybridized carbons (Fsp3) is 0.387. The lowest BCUT2D eigenvalue weighted by molar-refractivity contribution is -0.157. The second-order valence-electron chi connectivity index (χ2n) is 10.9. The van der Waals surface area contributed by atoms with E-state index in [2.05, 4.69) is 12.1 Å². The third-order valence-electron chi connectivity index (χ3n) is 7.85. The van der Waals surface area contributed by atoms with Gasteiger partial charge in [-0.05, 0) is 79.6 Å². The molecule has 1 aliphatic heterocycles. The van der Waals surface area contributed by atoms with Crippen molar-refractivity contribution in [3.8, 4) is 0 Å². The van der Waals surface area contributed by atoms with Gasteiger partial charge in [0.05, 0.1) is 17.9 Å². The maximum Gasteiger partial charge on any atom is 0.304 e. The fourth-order valence-corrected chi connectivity index (χ4v) is 6.21. The molecule has 1 saturated heterocycles. The zero-order chi connectivity index (χ0) is 26.9. The number of nitrogens with zero attached hydrogens (tertiary/aromatic N) is 2. The van der Waals surface area contributed by atoms with Crippen molar-refractivity contribution in [3.63, 3.8) is 0 Å². The number of piperidine rings is 1. The largest absolute Gasteiger partial charge is 0.481 e. The average molecular weight is 552 g/mol. The molecule has 0 unspecified atom stereocenters. The van der Waals surface area contributed by atoms with Gasteiger partial charge < -0.3 is 10.0 Å². The van der Waals surface area contributed by atoms with Crippen molar-refractivity contribution in [2.24, 2.45) is 5.41 Å². The number of halogens is 2. The quantitative estimate of drug-likeness (QED) is 0.300. The van der Waals surface area contributed by atoms with Crippen molar-refractivity contribution in [2.75, 3.05) is 6.54 Å². The molecule has 1 aromatic heterocycles. The Morgan fingerprint density at radius 3 is 2.45 bits per heavy atom. The van der Waals surface area contributed by atoms with Gasteiger partial charge in [0, 0.05) is 39.8 Å². The summed E-state index contributed by atoms with van der Waals surface area (Å²) < 4.78 is 0. The molecule has 3 atom stereocenters. The topological polar surface area (TPSA) is 70.5 Å². The molecule has 2 aliphatic rings. The Kier molecular flexibility index (Phi) is 7.78. The minimum atomic E-state index is -1.04. The summed E-state index contributed by atoms with van der Waals surface area (Å²) in [5.74, 6) is -0.647. The van der Waals surface area contributed by atoms with Crippen LogP contribution >= 0.6 is 23.2 Å². The van der Waals surface area contributed by atoms with Crippen LogP contribution in [0.2, 0.25) is 10.0 Å².